The topological polar surface area (TPSA) is 163 Å². The summed E-state index contributed by atoms with van der Waals surface area (Å²) in [6.07, 6.45) is -1.52. The van der Waals surface area contributed by atoms with Crippen molar-refractivity contribution in [1.82, 2.24) is 0 Å². The van der Waals surface area contributed by atoms with Gasteiger partial charge >= 0.3 is 11.9 Å². The molecule has 0 aromatic carbocycles. The molecule has 0 amide bonds. The standard InChI is InChI=1S/C8H18O3.C6H14O3.C4H6O4/c1-4-10-6-8(3)11-5-7(2)9;1-5(8)4-9-6(2)3-7;5-3(6)1-2-4(7)8/h7-9H,4-6H2,1-3H3;5-8H,3-4H2,1-2H3;1-2H2,(H,5,6)(H,7,8). The first-order valence-corrected chi connectivity index (χ1v) is 9.17. The van der Waals surface area contributed by atoms with Crippen LogP contribution < -0.4 is 0 Å². The molecule has 0 rings (SSSR count). The predicted octanol–water partition coefficient (Wildman–Crippen LogP) is 0.509. The van der Waals surface area contributed by atoms with E-state index in [1.165, 1.54) is 0 Å². The lowest BCUT2D eigenvalue weighted by Crippen LogP contribution is -2.21. The maximum absolute atomic E-state index is 9.64. The highest BCUT2D eigenvalue weighted by Gasteiger charge is 2.03. The molecule has 0 aromatic rings. The minimum absolute atomic E-state index is 0.00667. The van der Waals surface area contributed by atoms with Gasteiger partial charge in [-0.15, -0.1) is 0 Å². The van der Waals surface area contributed by atoms with Crippen LogP contribution in [-0.2, 0) is 23.8 Å². The van der Waals surface area contributed by atoms with Crippen LogP contribution in [0.5, 0.6) is 0 Å². The van der Waals surface area contributed by atoms with Gasteiger partial charge in [0.15, 0.2) is 0 Å². The summed E-state index contributed by atoms with van der Waals surface area (Å²) in [5.41, 5.74) is 0. The normalized spacial score (nSPS) is 14.4. The van der Waals surface area contributed by atoms with Crippen LogP contribution >= 0.6 is 0 Å². The van der Waals surface area contributed by atoms with E-state index in [-0.39, 0.29) is 37.8 Å². The number of hydrogen-bond donors (Lipinski definition) is 5. The first-order chi connectivity index (χ1) is 13.0. The first-order valence-electron chi connectivity index (χ1n) is 9.17. The van der Waals surface area contributed by atoms with Gasteiger partial charge in [0.25, 0.3) is 0 Å². The van der Waals surface area contributed by atoms with Crippen LogP contribution in [0.3, 0.4) is 0 Å². The molecule has 0 spiro atoms. The van der Waals surface area contributed by atoms with Crippen molar-refractivity contribution in [2.24, 2.45) is 0 Å². The molecule has 5 N–H and O–H groups in total. The number of aliphatic carboxylic acids is 2. The van der Waals surface area contributed by atoms with E-state index in [4.69, 9.17) is 39.7 Å². The van der Waals surface area contributed by atoms with Gasteiger partial charge in [-0.05, 0) is 34.6 Å². The molecule has 28 heavy (non-hydrogen) atoms. The fourth-order valence-electron chi connectivity index (χ4n) is 1.21. The van der Waals surface area contributed by atoms with Gasteiger partial charge in [0.1, 0.15) is 0 Å². The fourth-order valence-corrected chi connectivity index (χ4v) is 1.21. The lowest BCUT2D eigenvalue weighted by Gasteiger charge is -2.13. The number of ether oxygens (including phenoxy) is 3. The molecular weight excluding hydrogens is 376 g/mol. The van der Waals surface area contributed by atoms with Gasteiger partial charge in [0.05, 0.1) is 63.7 Å². The average Bonchev–Trinajstić information content (AvgIpc) is 2.61. The Morgan fingerprint density at radius 2 is 1.18 bits per heavy atom. The number of carboxylic acids is 2. The van der Waals surface area contributed by atoms with Gasteiger partial charge in [-0.2, -0.15) is 0 Å². The largest absolute Gasteiger partial charge is 0.481 e. The number of carboxylic acid groups (broad SMARTS) is 2. The summed E-state index contributed by atoms with van der Waals surface area (Å²) in [6, 6.07) is 0. The Kier molecular flexibility index (Phi) is 24.7. The van der Waals surface area contributed by atoms with Crippen molar-refractivity contribution in [3.05, 3.63) is 0 Å². The van der Waals surface area contributed by atoms with Crippen LogP contribution in [0.25, 0.3) is 0 Å². The second kappa shape index (κ2) is 22.0. The van der Waals surface area contributed by atoms with Crippen molar-refractivity contribution in [1.29, 1.82) is 0 Å². The molecule has 0 aliphatic rings. The molecule has 0 heterocycles. The zero-order valence-corrected chi connectivity index (χ0v) is 17.5. The highest BCUT2D eigenvalue weighted by Crippen LogP contribution is 1.93. The lowest BCUT2D eigenvalue weighted by atomic mass is 10.3. The lowest BCUT2D eigenvalue weighted by molar-refractivity contribution is -0.143. The van der Waals surface area contributed by atoms with Crippen molar-refractivity contribution >= 4 is 11.9 Å². The quantitative estimate of drug-likeness (QED) is 0.287. The SMILES string of the molecule is CC(O)COC(C)CO.CCOCC(C)OCC(C)O.O=C(O)CCC(=O)O. The molecule has 0 aliphatic carbocycles. The van der Waals surface area contributed by atoms with Crippen LogP contribution in [0, 0.1) is 0 Å². The van der Waals surface area contributed by atoms with E-state index in [1.54, 1.807) is 20.8 Å². The maximum atomic E-state index is 9.64. The van der Waals surface area contributed by atoms with Crippen LogP contribution in [0.4, 0.5) is 0 Å². The molecule has 170 valence electrons. The monoisotopic (exact) mass is 414 g/mol. The highest BCUT2D eigenvalue weighted by molar-refractivity contribution is 5.75. The number of aliphatic hydroxyl groups excluding tert-OH is 3. The van der Waals surface area contributed by atoms with Crippen molar-refractivity contribution in [2.75, 3.05) is 33.0 Å². The molecule has 0 aromatic heterocycles. The number of carbonyl (C=O) groups is 2. The second-order valence-electron chi connectivity index (χ2n) is 6.12. The van der Waals surface area contributed by atoms with E-state index in [9.17, 15) is 9.59 Å². The molecule has 0 fully saturated rings. The summed E-state index contributed by atoms with van der Waals surface area (Å²) in [5, 5.41) is 41.8. The Morgan fingerprint density at radius 3 is 1.46 bits per heavy atom. The molecule has 0 radical (unpaired) electrons. The van der Waals surface area contributed by atoms with Gasteiger partial charge in [-0.1, -0.05) is 0 Å². The Balaban J connectivity index is -0.000000340. The van der Waals surface area contributed by atoms with Crippen LogP contribution in [0.2, 0.25) is 0 Å². The Labute approximate surface area is 167 Å². The Morgan fingerprint density at radius 1 is 0.786 bits per heavy atom. The summed E-state index contributed by atoms with van der Waals surface area (Å²) < 4.78 is 15.3. The van der Waals surface area contributed by atoms with Crippen molar-refractivity contribution in [3.8, 4) is 0 Å². The van der Waals surface area contributed by atoms with Crippen LogP contribution in [-0.4, -0.2) is 94.9 Å². The summed E-state index contributed by atoms with van der Waals surface area (Å²) in [6.45, 7) is 11.0. The van der Waals surface area contributed by atoms with E-state index in [2.05, 4.69) is 0 Å². The molecule has 0 aliphatic heterocycles. The minimum Gasteiger partial charge on any atom is -0.481 e. The highest BCUT2D eigenvalue weighted by atomic mass is 16.5. The van der Waals surface area contributed by atoms with E-state index in [0.29, 0.717) is 26.4 Å². The van der Waals surface area contributed by atoms with Crippen LogP contribution in [0.1, 0.15) is 47.5 Å². The number of aliphatic hydroxyl groups is 3. The van der Waals surface area contributed by atoms with Crippen molar-refractivity contribution < 1.29 is 49.3 Å². The summed E-state index contributed by atoms with van der Waals surface area (Å²) >= 11 is 0. The molecular formula is C18H38O10. The third kappa shape index (κ3) is 35.7. The van der Waals surface area contributed by atoms with Gasteiger partial charge in [-0.3, -0.25) is 9.59 Å². The summed E-state index contributed by atoms with van der Waals surface area (Å²) in [4.78, 5) is 19.3. The Bertz CT molecular complexity index is 346. The average molecular weight is 414 g/mol. The van der Waals surface area contributed by atoms with Gasteiger partial charge < -0.3 is 39.7 Å². The number of rotatable bonds is 13. The fraction of sp³-hybridized carbons (Fsp3) is 0.889. The number of hydrogen-bond acceptors (Lipinski definition) is 8. The minimum atomic E-state index is -1.08. The summed E-state index contributed by atoms with van der Waals surface area (Å²) in [5.74, 6) is -2.15. The van der Waals surface area contributed by atoms with Crippen LogP contribution in [0.15, 0.2) is 0 Å². The molecule has 10 heteroatoms. The molecule has 4 atom stereocenters. The molecule has 0 saturated carbocycles. The smallest absolute Gasteiger partial charge is 0.303 e. The maximum Gasteiger partial charge on any atom is 0.303 e. The second-order valence-corrected chi connectivity index (χ2v) is 6.12. The van der Waals surface area contributed by atoms with Crippen molar-refractivity contribution in [3.63, 3.8) is 0 Å². The third-order valence-electron chi connectivity index (χ3n) is 2.61. The molecule has 0 bridgehead atoms. The zero-order valence-electron chi connectivity index (χ0n) is 17.5. The van der Waals surface area contributed by atoms with Crippen molar-refractivity contribution in [2.45, 2.75) is 71.9 Å². The Hall–Kier alpha value is -1.30. The zero-order chi connectivity index (χ0) is 22.5. The predicted molar refractivity (Wildman–Crippen MR) is 102 cm³/mol. The van der Waals surface area contributed by atoms with E-state index < -0.39 is 18.0 Å². The van der Waals surface area contributed by atoms with E-state index >= 15 is 0 Å². The van der Waals surface area contributed by atoms with E-state index in [1.807, 2.05) is 13.8 Å². The third-order valence-corrected chi connectivity index (χ3v) is 2.61. The molecule has 10 nitrogen and oxygen atoms in total. The van der Waals surface area contributed by atoms with Gasteiger partial charge in [0.2, 0.25) is 0 Å². The first kappa shape index (κ1) is 31.4. The summed E-state index contributed by atoms with van der Waals surface area (Å²) in [7, 11) is 0. The van der Waals surface area contributed by atoms with Gasteiger partial charge in [0, 0.05) is 6.61 Å². The molecule has 0 saturated heterocycles. The van der Waals surface area contributed by atoms with E-state index in [0.717, 1.165) is 0 Å². The van der Waals surface area contributed by atoms with Gasteiger partial charge in [-0.25, -0.2) is 0 Å². The molecule has 4 unspecified atom stereocenters.